The van der Waals surface area contributed by atoms with E-state index in [2.05, 4.69) is 9.59 Å². The second kappa shape index (κ2) is 3.20. The lowest BCUT2D eigenvalue weighted by Crippen LogP contribution is -1.97. The number of aromatic nitrogens is 2. The number of rotatable bonds is 2. The fourth-order valence-corrected chi connectivity index (χ4v) is 1.72. The van der Waals surface area contributed by atoms with E-state index in [4.69, 9.17) is 0 Å². The zero-order valence-electron chi connectivity index (χ0n) is 6.98. The summed E-state index contributed by atoms with van der Waals surface area (Å²) in [5.41, 5.74) is -1.22. The summed E-state index contributed by atoms with van der Waals surface area (Å²) in [5.74, 6) is 0. The summed E-state index contributed by atoms with van der Waals surface area (Å²) >= 11 is 0.951. The second-order valence-corrected chi connectivity index (χ2v) is 3.35. The summed E-state index contributed by atoms with van der Waals surface area (Å²) in [6, 6.07) is 2.48. The average molecular weight is 226 g/mol. The minimum atomic E-state index is -0.818. The molecule has 15 heavy (non-hydrogen) atoms. The molecule has 0 N–H and O–H groups in total. The molecule has 8 nitrogen and oxygen atoms in total. The van der Waals surface area contributed by atoms with Gasteiger partial charge < -0.3 is 0 Å². The lowest BCUT2D eigenvalue weighted by atomic mass is 10.2. The number of benzene rings is 1. The Morgan fingerprint density at radius 1 is 1.20 bits per heavy atom. The van der Waals surface area contributed by atoms with Gasteiger partial charge in [-0.2, -0.15) is 0 Å². The Morgan fingerprint density at radius 2 is 1.93 bits per heavy atom. The first-order chi connectivity index (χ1) is 7.11. The summed E-state index contributed by atoms with van der Waals surface area (Å²) in [7, 11) is 0. The quantitative estimate of drug-likeness (QED) is 0.566. The lowest BCUT2D eigenvalue weighted by Gasteiger charge is -1.93. The monoisotopic (exact) mass is 226 g/mol. The predicted molar refractivity (Wildman–Crippen MR) is 50.7 cm³/mol. The third-order valence-electron chi connectivity index (χ3n) is 1.75. The van der Waals surface area contributed by atoms with Crippen LogP contribution in [0.5, 0.6) is 0 Å². The smallest absolute Gasteiger partial charge is 0.258 e. The Hall–Kier alpha value is -2.16. The number of nitro benzene ring substituents is 2. The minimum absolute atomic E-state index is 0.0424. The van der Waals surface area contributed by atoms with E-state index in [1.54, 1.807) is 0 Å². The van der Waals surface area contributed by atoms with Crippen molar-refractivity contribution in [1.82, 2.24) is 9.59 Å². The van der Waals surface area contributed by atoms with Crippen molar-refractivity contribution in [3.63, 3.8) is 0 Å². The molecule has 0 amide bonds. The van der Waals surface area contributed by atoms with Crippen molar-refractivity contribution in [2.45, 2.75) is 0 Å². The van der Waals surface area contributed by atoms with Crippen molar-refractivity contribution < 1.29 is 9.85 Å². The summed E-state index contributed by atoms with van der Waals surface area (Å²) in [6.45, 7) is 0. The van der Waals surface area contributed by atoms with Crippen LogP contribution >= 0.6 is 11.5 Å². The molecule has 1 heterocycles. The van der Waals surface area contributed by atoms with Gasteiger partial charge in [0.1, 0.15) is 0 Å². The molecule has 76 valence electrons. The maximum Gasteiger partial charge on any atom is 0.374 e. The van der Waals surface area contributed by atoms with Crippen molar-refractivity contribution >= 4 is 33.1 Å². The van der Waals surface area contributed by atoms with E-state index in [1.807, 2.05) is 0 Å². The first-order valence-corrected chi connectivity index (χ1v) is 4.42. The molecule has 0 bridgehead atoms. The third-order valence-corrected chi connectivity index (χ3v) is 2.44. The lowest BCUT2D eigenvalue weighted by molar-refractivity contribution is -0.421. The van der Waals surface area contributed by atoms with Gasteiger partial charge in [-0.05, 0) is 17.6 Å². The van der Waals surface area contributed by atoms with E-state index in [-0.39, 0.29) is 5.52 Å². The van der Waals surface area contributed by atoms with Crippen LogP contribution in [0, 0.1) is 20.2 Å². The number of nitrogens with zero attached hydrogens (tertiary/aromatic N) is 4. The second-order valence-electron chi connectivity index (χ2n) is 2.57. The highest BCUT2D eigenvalue weighted by molar-refractivity contribution is 7.13. The molecule has 0 radical (unpaired) electrons. The van der Waals surface area contributed by atoms with Gasteiger partial charge in [0.15, 0.2) is 5.52 Å². The highest BCUT2D eigenvalue weighted by atomic mass is 32.1. The first-order valence-electron chi connectivity index (χ1n) is 3.65. The molecular weight excluding hydrogens is 224 g/mol. The Balaban J connectivity index is 2.87. The third kappa shape index (κ3) is 1.38. The zero-order valence-corrected chi connectivity index (χ0v) is 7.80. The van der Waals surface area contributed by atoms with Crippen LogP contribution in [0.25, 0.3) is 10.2 Å². The fraction of sp³-hybridized carbons (Fsp3) is 0. The molecule has 0 aliphatic heterocycles. The molecule has 0 saturated heterocycles. The van der Waals surface area contributed by atoms with Crippen molar-refractivity contribution in [3.8, 4) is 0 Å². The predicted octanol–water partition coefficient (Wildman–Crippen LogP) is 1.51. The number of fused-ring (bicyclic) bond motifs is 1. The van der Waals surface area contributed by atoms with Crippen LogP contribution < -0.4 is 0 Å². The number of nitro groups is 2. The molecule has 0 unspecified atom stereocenters. The van der Waals surface area contributed by atoms with E-state index in [9.17, 15) is 20.2 Å². The van der Waals surface area contributed by atoms with Gasteiger partial charge in [-0.1, -0.05) is 4.49 Å². The van der Waals surface area contributed by atoms with Crippen molar-refractivity contribution in [1.29, 1.82) is 0 Å². The summed E-state index contributed by atoms with van der Waals surface area (Å²) in [6.07, 6.45) is 0. The first kappa shape index (κ1) is 9.40. The number of hydrogen-bond donors (Lipinski definition) is 0. The molecule has 1 aromatic heterocycles. The van der Waals surface area contributed by atoms with Crippen LogP contribution in [0.15, 0.2) is 12.1 Å². The molecule has 2 rings (SSSR count). The maximum atomic E-state index is 10.7. The van der Waals surface area contributed by atoms with E-state index in [1.165, 1.54) is 6.07 Å². The van der Waals surface area contributed by atoms with Crippen molar-refractivity contribution in [3.05, 3.63) is 32.4 Å². The highest BCUT2D eigenvalue weighted by Crippen LogP contribution is 2.34. The molecule has 0 atom stereocenters. The molecule has 9 heteroatoms. The molecule has 0 aliphatic carbocycles. The molecule has 0 aliphatic rings. The standard InChI is InChI=1S/C6H2N4O4S/c11-9(12)3-1-2-4-5(7-8-15-4)6(3)10(13)14/h1-2H. The molecular formula is C6H2N4O4S. The normalized spacial score (nSPS) is 10.4. The van der Waals surface area contributed by atoms with E-state index in [0.29, 0.717) is 4.70 Å². The van der Waals surface area contributed by atoms with Crippen LogP contribution in [-0.4, -0.2) is 19.4 Å². The van der Waals surface area contributed by atoms with Gasteiger partial charge in [0, 0.05) is 6.07 Å². The van der Waals surface area contributed by atoms with Gasteiger partial charge >= 0.3 is 11.4 Å². The van der Waals surface area contributed by atoms with E-state index in [0.717, 1.165) is 17.6 Å². The van der Waals surface area contributed by atoms with Crippen LogP contribution in [-0.2, 0) is 0 Å². The largest absolute Gasteiger partial charge is 0.374 e. The molecule has 0 saturated carbocycles. The molecule has 0 fully saturated rings. The SMILES string of the molecule is O=[N+]([O-])c1ccc2snnc2c1[N+](=O)[O-]. The van der Waals surface area contributed by atoms with Gasteiger partial charge in [0.25, 0.3) is 0 Å². The van der Waals surface area contributed by atoms with E-state index < -0.39 is 21.2 Å². The average Bonchev–Trinajstić information content (AvgIpc) is 2.62. The van der Waals surface area contributed by atoms with Gasteiger partial charge in [-0.25, -0.2) is 0 Å². The summed E-state index contributed by atoms with van der Waals surface area (Å²) < 4.78 is 3.96. The van der Waals surface area contributed by atoms with Crippen molar-refractivity contribution in [2.75, 3.05) is 0 Å². The minimum Gasteiger partial charge on any atom is -0.258 e. The fourth-order valence-electron chi connectivity index (χ4n) is 1.15. The van der Waals surface area contributed by atoms with Gasteiger partial charge in [-0.15, -0.1) is 5.10 Å². The Bertz CT molecular complexity index is 565. The zero-order chi connectivity index (χ0) is 11.0. The Morgan fingerprint density at radius 3 is 2.53 bits per heavy atom. The topological polar surface area (TPSA) is 112 Å². The van der Waals surface area contributed by atoms with Crippen LogP contribution in [0.2, 0.25) is 0 Å². The van der Waals surface area contributed by atoms with E-state index >= 15 is 0 Å². The molecule has 0 spiro atoms. The Kier molecular flexibility index (Phi) is 2.01. The van der Waals surface area contributed by atoms with Crippen LogP contribution in [0.1, 0.15) is 0 Å². The van der Waals surface area contributed by atoms with Crippen LogP contribution in [0.3, 0.4) is 0 Å². The van der Waals surface area contributed by atoms with Gasteiger partial charge in [0.05, 0.1) is 14.5 Å². The highest BCUT2D eigenvalue weighted by Gasteiger charge is 2.29. The molecule has 2 aromatic rings. The number of hydrogen-bond acceptors (Lipinski definition) is 7. The van der Waals surface area contributed by atoms with Gasteiger partial charge in [0.2, 0.25) is 0 Å². The van der Waals surface area contributed by atoms with Crippen molar-refractivity contribution in [2.24, 2.45) is 0 Å². The maximum absolute atomic E-state index is 10.7. The van der Waals surface area contributed by atoms with Gasteiger partial charge in [-0.3, -0.25) is 20.2 Å². The van der Waals surface area contributed by atoms with Crippen LogP contribution in [0.4, 0.5) is 11.4 Å². The summed E-state index contributed by atoms with van der Waals surface area (Å²) in [5, 5.41) is 24.7. The summed E-state index contributed by atoms with van der Waals surface area (Å²) in [4.78, 5) is 19.6. The molecule has 1 aromatic carbocycles. The Labute approximate surface area is 85.6 Å².